The van der Waals surface area contributed by atoms with Crippen molar-refractivity contribution < 1.29 is 14.3 Å². The van der Waals surface area contributed by atoms with Crippen LogP contribution in [-0.2, 0) is 4.79 Å². The predicted octanol–water partition coefficient (Wildman–Crippen LogP) is 1.15. The summed E-state index contributed by atoms with van der Waals surface area (Å²) in [4.78, 5) is 13.9. The molecule has 1 aliphatic heterocycles. The molecule has 4 nitrogen and oxygen atoms in total. The van der Waals surface area contributed by atoms with E-state index in [1.807, 2.05) is 6.92 Å². The molecule has 19 heavy (non-hydrogen) atoms. The maximum absolute atomic E-state index is 13.9. The Labute approximate surface area is 112 Å². The van der Waals surface area contributed by atoms with Crippen LogP contribution in [0.3, 0.4) is 0 Å². The van der Waals surface area contributed by atoms with Gasteiger partial charge in [0.2, 0.25) is 5.91 Å². The summed E-state index contributed by atoms with van der Waals surface area (Å²) in [5.74, 6) is -0.344. The second-order valence-corrected chi connectivity index (χ2v) is 4.98. The number of hydrogen-bond donors (Lipinski definition) is 2. The van der Waals surface area contributed by atoms with Gasteiger partial charge in [0, 0.05) is 19.7 Å². The molecule has 2 unspecified atom stereocenters. The van der Waals surface area contributed by atoms with E-state index in [2.05, 4.69) is 5.32 Å². The van der Waals surface area contributed by atoms with Crippen molar-refractivity contribution in [2.75, 3.05) is 24.6 Å². The summed E-state index contributed by atoms with van der Waals surface area (Å²) in [5, 5.41) is 12.1. The molecule has 0 spiro atoms. The Hall–Kier alpha value is -1.46. The zero-order valence-electron chi connectivity index (χ0n) is 11.0. The average Bonchev–Trinajstić information content (AvgIpc) is 2.53. The molecule has 0 aliphatic carbocycles. The fraction of sp³-hybridized carbons (Fsp3) is 0.500. The third kappa shape index (κ3) is 3.11. The number of amides is 1. The summed E-state index contributed by atoms with van der Waals surface area (Å²) in [5.41, 5.74) is 0.311. The van der Waals surface area contributed by atoms with Crippen LogP contribution in [0.15, 0.2) is 24.3 Å². The summed E-state index contributed by atoms with van der Waals surface area (Å²) < 4.78 is 13.9. The lowest BCUT2D eigenvalue weighted by molar-refractivity contribution is -0.120. The van der Waals surface area contributed by atoms with E-state index in [1.54, 1.807) is 18.2 Å². The molecule has 2 N–H and O–H groups in total. The van der Waals surface area contributed by atoms with Gasteiger partial charge in [0.25, 0.3) is 0 Å². The minimum atomic E-state index is -0.449. The number of nitrogens with zero attached hydrogens (tertiary/aromatic N) is 1. The summed E-state index contributed by atoms with van der Waals surface area (Å²) in [6, 6.07) is 5.84. The third-order valence-electron chi connectivity index (χ3n) is 3.33. The molecule has 1 aliphatic rings. The van der Waals surface area contributed by atoms with E-state index < -0.39 is 11.9 Å². The lowest BCUT2D eigenvalue weighted by atomic mass is 10.1. The van der Waals surface area contributed by atoms with Gasteiger partial charge < -0.3 is 15.3 Å². The van der Waals surface area contributed by atoms with E-state index in [9.17, 15) is 9.18 Å². The van der Waals surface area contributed by atoms with Gasteiger partial charge in [-0.05, 0) is 24.5 Å². The van der Waals surface area contributed by atoms with Crippen molar-refractivity contribution in [2.24, 2.45) is 5.92 Å². The van der Waals surface area contributed by atoms with E-state index in [4.69, 9.17) is 5.11 Å². The molecule has 1 aromatic rings. The van der Waals surface area contributed by atoms with Crippen LogP contribution in [0.25, 0.3) is 0 Å². The fourth-order valence-electron chi connectivity index (χ4n) is 2.33. The number of carbonyl (C=O) groups excluding carboxylic acids is 1. The van der Waals surface area contributed by atoms with Gasteiger partial charge in [-0.1, -0.05) is 19.1 Å². The van der Waals surface area contributed by atoms with Crippen LogP contribution in [0, 0.1) is 11.7 Å². The number of aliphatic hydroxyl groups is 1. The lowest BCUT2D eigenvalue weighted by Crippen LogP contribution is -2.44. The highest BCUT2D eigenvalue weighted by Crippen LogP contribution is 2.22. The summed E-state index contributed by atoms with van der Waals surface area (Å²) in [6.45, 7) is 3.11. The average molecular weight is 266 g/mol. The number of anilines is 1. The van der Waals surface area contributed by atoms with Gasteiger partial charge in [-0.3, -0.25) is 4.79 Å². The fourth-order valence-corrected chi connectivity index (χ4v) is 2.33. The van der Waals surface area contributed by atoms with Crippen LogP contribution < -0.4 is 10.2 Å². The van der Waals surface area contributed by atoms with Crippen LogP contribution in [-0.4, -0.2) is 36.8 Å². The molecule has 1 saturated heterocycles. The Morgan fingerprint density at radius 2 is 2.21 bits per heavy atom. The number of nitrogens with one attached hydrogen (secondary N) is 1. The molecule has 1 amide bonds. The van der Waals surface area contributed by atoms with Gasteiger partial charge in [-0.25, -0.2) is 4.39 Å². The monoisotopic (exact) mass is 266 g/mol. The molecule has 0 saturated carbocycles. The number of hydrogen-bond acceptors (Lipinski definition) is 3. The first-order chi connectivity index (χ1) is 9.13. The normalized spacial score (nSPS) is 24.4. The molecule has 5 heteroatoms. The van der Waals surface area contributed by atoms with E-state index in [0.29, 0.717) is 25.2 Å². The minimum absolute atomic E-state index is 0.0666. The van der Waals surface area contributed by atoms with Crippen LogP contribution in [0.1, 0.15) is 13.3 Å². The Kier molecular flexibility index (Phi) is 4.50. The number of carbonyl (C=O) groups is 1. The van der Waals surface area contributed by atoms with Crippen LogP contribution in [0.5, 0.6) is 0 Å². The summed E-state index contributed by atoms with van der Waals surface area (Å²) in [6.07, 6.45) is 0.344. The molecule has 0 aromatic heterocycles. The molecule has 0 bridgehead atoms. The zero-order valence-corrected chi connectivity index (χ0v) is 11.0. The van der Waals surface area contributed by atoms with Crippen molar-refractivity contribution >= 4 is 11.6 Å². The largest absolute Gasteiger partial charge is 0.396 e. The van der Waals surface area contributed by atoms with Crippen molar-refractivity contribution in [3.05, 3.63) is 30.1 Å². The maximum Gasteiger partial charge on any atom is 0.244 e. The van der Waals surface area contributed by atoms with Crippen LogP contribution in [0.4, 0.5) is 10.1 Å². The van der Waals surface area contributed by atoms with Crippen LogP contribution >= 0.6 is 0 Å². The molecular formula is C14H19FN2O2. The predicted molar refractivity (Wildman–Crippen MR) is 71.4 cm³/mol. The molecule has 2 atom stereocenters. The first-order valence-corrected chi connectivity index (χ1v) is 6.53. The zero-order chi connectivity index (χ0) is 13.8. The molecule has 1 fully saturated rings. The highest BCUT2D eigenvalue weighted by molar-refractivity contribution is 5.97. The van der Waals surface area contributed by atoms with E-state index in [-0.39, 0.29) is 18.4 Å². The SMILES string of the molecule is CC1CNC(CCO)C(=O)N(c2ccccc2F)C1. The highest BCUT2D eigenvalue weighted by atomic mass is 19.1. The standard InChI is InChI=1S/C14H19FN2O2/c1-10-8-16-12(6-7-18)14(19)17(9-10)13-5-3-2-4-11(13)15/h2-5,10,12,16,18H,6-9H2,1H3. The van der Waals surface area contributed by atoms with Gasteiger partial charge >= 0.3 is 0 Å². The Balaban J connectivity index is 2.30. The second-order valence-electron chi connectivity index (χ2n) is 4.98. The summed E-state index contributed by atoms with van der Waals surface area (Å²) in [7, 11) is 0. The van der Waals surface area contributed by atoms with E-state index in [1.165, 1.54) is 11.0 Å². The van der Waals surface area contributed by atoms with Crippen molar-refractivity contribution in [3.8, 4) is 0 Å². The smallest absolute Gasteiger partial charge is 0.244 e. The van der Waals surface area contributed by atoms with Gasteiger partial charge in [0.1, 0.15) is 5.82 Å². The van der Waals surface area contributed by atoms with E-state index >= 15 is 0 Å². The number of aliphatic hydroxyl groups excluding tert-OH is 1. The molecular weight excluding hydrogens is 247 g/mol. The lowest BCUT2D eigenvalue weighted by Gasteiger charge is -2.25. The van der Waals surface area contributed by atoms with Crippen LogP contribution in [0.2, 0.25) is 0 Å². The molecule has 1 heterocycles. The third-order valence-corrected chi connectivity index (χ3v) is 3.33. The van der Waals surface area contributed by atoms with Crippen molar-refractivity contribution in [1.29, 1.82) is 0 Å². The Bertz CT molecular complexity index is 453. The molecule has 1 aromatic carbocycles. The molecule has 0 radical (unpaired) electrons. The highest BCUT2D eigenvalue weighted by Gasteiger charge is 2.30. The second kappa shape index (κ2) is 6.12. The first kappa shape index (κ1) is 14.0. The van der Waals surface area contributed by atoms with Gasteiger partial charge in [-0.15, -0.1) is 0 Å². The summed E-state index contributed by atoms with van der Waals surface area (Å²) >= 11 is 0. The maximum atomic E-state index is 13.9. The number of rotatable bonds is 3. The minimum Gasteiger partial charge on any atom is -0.396 e. The van der Waals surface area contributed by atoms with E-state index in [0.717, 1.165) is 0 Å². The Morgan fingerprint density at radius 1 is 1.47 bits per heavy atom. The number of halogens is 1. The number of para-hydroxylation sites is 1. The molecule has 104 valence electrons. The Morgan fingerprint density at radius 3 is 2.89 bits per heavy atom. The first-order valence-electron chi connectivity index (χ1n) is 6.53. The van der Waals surface area contributed by atoms with Crippen molar-refractivity contribution in [2.45, 2.75) is 19.4 Å². The van der Waals surface area contributed by atoms with Gasteiger partial charge in [0.05, 0.1) is 11.7 Å². The quantitative estimate of drug-likeness (QED) is 0.863. The molecule has 2 rings (SSSR count). The van der Waals surface area contributed by atoms with Gasteiger partial charge in [-0.2, -0.15) is 0 Å². The number of benzene rings is 1. The topological polar surface area (TPSA) is 52.6 Å². The van der Waals surface area contributed by atoms with Crippen molar-refractivity contribution in [3.63, 3.8) is 0 Å². The van der Waals surface area contributed by atoms with Gasteiger partial charge in [0.15, 0.2) is 0 Å². The van der Waals surface area contributed by atoms with Crippen molar-refractivity contribution in [1.82, 2.24) is 5.32 Å².